The molecule has 0 amide bonds. The highest BCUT2D eigenvalue weighted by atomic mass is 19.1. The Hall–Kier alpha value is -2.41. The summed E-state index contributed by atoms with van der Waals surface area (Å²) in [4.78, 5) is 34.8. The molecule has 5 nitrogen and oxygen atoms in total. The van der Waals surface area contributed by atoms with Gasteiger partial charge < -0.3 is 10.2 Å². The fourth-order valence-corrected chi connectivity index (χ4v) is 3.58. The van der Waals surface area contributed by atoms with E-state index in [-0.39, 0.29) is 24.2 Å². The summed E-state index contributed by atoms with van der Waals surface area (Å²) in [6.45, 7) is 0. The van der Waals surface area contributed by atoms with Crippen LogP contribution in [0.1, 0.15) is 55.3 Å². The lowest BCUT2D eigenvalue weighted by atomic mass is 9.88. The molecule has 0 aromatic heterocycles. The summed E-state index contributed by atoms with van der Waals surface area (Å²) >= 11 is 0. The SMILES string of the molecule is O=C(O)CCCCCCC1C(=O)CC(O)C1/C=C/C(=O)c1cc(F)cc(F)c1. The molecule has 0 heterocycles. The molecule has 1 fully saturated rings. The lowest BCUT2D eigenvalue weighted by Crippen LogP contribution is -2.19. The van der Waals surface area contributed by atoms with Crippen LogP contribution in [0.4, 0.5) is 8.78 Å². The zero-order valence-corrected chi connectivity index (χ0v) is 15.4. The first kappa shape index (κ1) is 21.9. The molecule has 0 radical (unpaired) electrons. The van der Waals surface area contributed by atoms with Gasteiger partial charge in [0, 0.05) is 36.3 Å². The standard InChI is InChI=1S/C21H24F2O5/c22-14-9-13(10-15(23)11-14)18(24)8-7-17-16(19(25)12-20(17)26)5-3-1-2-4-6-21(27)28/h7-11,16-17,20,26H,1-6,12H2,(H,27,28)/b8-7+. The minimum absolute atomic E-state index is 0.0153. The first-order valence-electron chi connectivity index (χ1n) is 9.39. The van der Waals surface area contributed by atoms with Crippen LogP contribution in [-0.4, -0.2) is 33.9 Å². The molecule has 28 heavy (non-hydrogen) atoms. The van der Waals surface area contributed by atoms with Gasteiger partial charge in [0.15, 0.2) is 5.78 Å². The van der Waals surface area contributed by atoms with Crippen LogP contribution in [0.3, 0.4) is 0 Å². The second-order valence-electron chi connectivity index (χ2n) is 7.15. The van der Waals surface area contributed by atoms with Crippen molar-refractivity contribution in [2.75, 3.05) is 0 Å². The lowest BCUT2D eigenvalue weighted by molar-refractivity contribution is -0.137. The molecule has 1 aliphatic rings. The van der Waals surface area contributed by atoms with Crippen LogP contribution in [0, 0.1) is 23.5 Å². The number of benzene rings is 1. The normalized spacial score (nSPS) is 22.1. The number of Topliss-reactive ketones (excluding diaryl/α,β-unsaturated/α-hetero) is 1. The maximum Gasteiger partial charge on any atom is 0.303 e. The first-order chi connectivity index (χ1) is 13.3. The van der Waals surface area contributed by atoms with E-state index in [4.69, 9.17) is 5.11 Å². The van der Waals surface area contributed by atoms with E-state index in [1.54, 1.807) is 0 Å². The molecule has 3 atom stereocenters. The number of unbranched alkanes of at least 4 members (excludes halogenated alkanes) is 3. The number of rotatable bonds is 10. The first-order valence-corrected chi connectivity index (χ1v) is 9.39. The van der Waals surface area contributed by atoms with Crippen molar-refractivity contribution < 1.29 is 33.4 Å². The number of aliphatic hydroxyl groups is 1. The number of carboxylic acids is 1. The van der Waals surface area contributed by atoms with Gasteiger partial charge >= 0.3 is 5.97 Å². The number of ketones is 2. The molecular formula is C21H24F2O5. The van der Waals surface area contributed by atoms with Crippen molar-refractivity contribution in [1.29, 1.82) is 0 Å². The highest BCUT2D eigenvalue weighted by molar-refractivity contribution is 6.04. The van der Waals surface area contributed by atoms with Gasteiger partial charge in [0.25, 0.3) is 0 Å². The predicted octanol–water partition coefficient (Wildman–Crippen LogP) is 3.70. The average molecular weight is 394 g/mol. The maximum atomic E-state index is 13.2. The molecule has 7 heteroatoms. The predicted molar refractivity (Wildman–Crippen MR) is 97.8 cm³/mol. The third-order valence-corrected chi connectivity index (χ3v) is 5.01. The number of carboxylic acid groups (broad SMARTS) is 1. The summed E-state index contributed by atoms with van der Waals surface area (Å²) in [5, 5.41) is 18.7. The van der Waals surface area contributed by atoms with Crippen LogP contribution in [0.5, 0.6) is 0 Å². The summed E-state index contributed by atoms with van der Waals surface area (Å²) < 4.78 is 26.5. The Morgan fingerprint density at radius 3 is 2.36 bits per heavy atom. The zero-order chi connectivity index (χ0) is 20.7. The Balaban J connectivity index is 1.93. The minimum atomic E-state index is -0.891. The van der Waals surface area contributed by atoms with E-state index >= 15 is 0 Å². The van der Waals surface area contributed by atoms with Crippen LogP contribution >= 0.6 is 0 Å². The van der Waals surface area contributed by atoms with E-state index in [1.165, 1.54) is 6.08 Å². The average Bonchev–Trinajstić information content (AvgIpc) is 2.87. The zero-order valence-electron chi connectivity index (χ0n) is 15.4. The van der Waals surface area contributed by atoms with Gasteiger partial charge in [-0.25, -0.2) is 8.78 Å². The van der Waals surface area contributed by atoms with E-state index in [0.717, 1.165) is 37.5 Å². The Labute approximate surface area is 162 Å². The number of aliphatic hydroxyl groups excluding tert-OH is 1. The largest absolute Gasteiger partial charge is 0.481 e. The molecule has 1 aliphatic carbocycles. The van der Waals surface area contributed by atoms with Crippen molar-refractivity contribution in [3.63, 3.8) is 0 Å². The van der Waals surface area contributed by atoms with Crippen molar-refractivity contribution in [3.05, 3.63) is 47.5 Å². The molecule has 2 rings (SSSR count). The molecule has 0 spiro atoms. The van der Waals surface area contributed by atoms with E-state index < -0.39 is 41.3 Å². The van der Waals surface area contributed by atoms with Crippen LogP contribution in [0.2, 0.25) is 0 Å². The number of carbonyl (C=O) groups is 3. The summed E-state index contributed by atoms with van der Waals surface area (Å²) in [7, 11) is 0. The van der Waals surface area contributed by atoms with Crippen molar-refractivity contribution >= 4 is 17.5 Å². The fourth-order valence-electron chi connectivity index (χ4n) is 3.58. The number of allylic oxidation sites excluding steroid dienone is 1. The molecule has 0 saturated heterocycles. The smallest absolute Gasteiger partial charge is 0.303 e. The minimum Gasteiger partial charge on any atom is -0.481 e. The van der Waals surface area contributed by atoms with Gasteiger partial charge in [-0.2, -0.15) is 0 Å². The van der Waals surface area contributed by atoms with Crippen molar-refractivity contribution in [3.8, 4) is 0 Å². The van der Waals surface area contributed by atoms with Gasteiger partial charge in [-0.05, 0) is 31.1 Å². The van der Waals surface area contributed by atoms with Crippen molar-refractivity contribution in [2.45, 2.75) is 51.0 Å². The molecule has 2 N–H and O–H groups in total. The number of halogens is 2. The second-order valence-corrected chi connectivity index (χ2v) is 7.15. The topological polar surface area (TPSA) is 91.7 Å². The summed E-state index contributed by atoms with van der Waals surface area (Å²) in [5.41, 5.74) is -0.137. The van der Waals surface area contributed by atoms with Gasteiger partial charge in [-0.1, -0.05) is 25.3 Å². The number of hydrogen-bond donors (Lipinski definition) is 2. The molecule has 1 aromatic carbocycles. The van der Waals surface area contributed by atoms with E-state index in [9.17, 15) is 28.3 Å². The van der Waals surface area contributed by atoms with Crippen LogP contribution in [-0.2, 0) is 9.59 Å². The Kier molecular flexibility index (Phi) is 7.99. The van der Waals surface area contributed by atoms with Gasteiger partial charge in [-0.15, -0.1) is 0 Å². The van der Waals surface area contributed by atoms with Gasteiger partial charge in [0.2, 0.25) is 0 Å². The fraction of sp³-hybridized carbons (Fsp3) is 0.476. The molecular weight excluding hydrogens is 370 g/mol. The van der Waals surface area contributed by atoms with Gasteiger partial charge in [0.1, 0.15) is 17.4 Å². The van der Waals surface area contributed by atoms with Crippen molar-refractivity contribution in [1.82, 2.24) is 0 Å². The van der Waals surface area contributed by atoms with E-state index in [1.807, 2.05) is 0 Å². The van der Waals surface area contributed by atoms with Crippen molar-refractivity contribution in [2.24, 2.45) is 11.8 Å². The Morgan fingerprint density at radius 1 is 1.07 bits per heavy atom. The maximum absolute atomic E-state index is 13.2. The number of carbonyl (C=O) groups excluding carboxylic acids is 2. The lowest BCUT2D eigenvalue weighted by Gasteiger charge is -2.17. The van der Waals surface area contributed by atoms with Crippen LogP contribution < -0.4 is 0 Å². The summed E-state index contributed by atoms with van der Waals surface area (Å²) in [6, 6.07) is 2.54. The summed E-state index contributed by atoms with van der Waals surface area (Å²) in [5.74, 6) is -4.14. The summed E-state index contributed by atoms with van der Waals surface area (Å²) in [6.07, 6.45) is 5.23. The van der Waals surface area contributed by atoms with Crippen LogP contribution in [0.25, 0.3) is 0 Å². The Morgan fingerprint density at radius 2 is 1.71 bits per heavy atom. The highest BCUT2D eigenvalue weighted by Crippen LogP contribution is 2.34. The molecule has 152 valence electrons. The molecule has 0 aliphatic heterocycles. The third kappa shape index (κ3) is 6.34. The highest BCUT2D eigenvalue weighted by Gasteiger charge is 2.39. The number of hydrogen-bond acceptors (Lipinski definition) is 4. The monoisotopic (exact) mass is 394 g/mol. The molecule has 0 bridgehead atoms. The molecule has 3 unspecified atom stereocenters. The van der Waals surface area contributed by atoms with Gasteiger partial charge in [0.05, 0.1) is 6.10 Å². The molecule has 1 saturated carbocycles. The van der Waals surface area contributed by atoms with Gasteiger partial charge in [-0.3, -0.25) is 14.4 Å². The van der Waals surface area contributed by atoms with E-state index in [2.05, 4.69) is 0 Å². The quantitative estimate of drug-likeness (QED) is 0.359. The number of aliphatic carboxylic acids is 1. The molecule has 1 aromatic rings. The van der Waals surface area contributed by atoms with E-state index in [0.29, 0.717) is 18.9 Å². The Bertz CT molecular complexity index is 739. The third-order valence-electron chi connectivity index (χ3n) is 5.01. The van der Waals surface area contributed by atoms with Crippen LogP contribution in [0.15, 0.2) is 30.4 Å². The second kappa shape index (κ2) is 10.2.